The van der Waals surface area contributed by atoms with E-state index in [1.54, 1.807) is 49.4 Å². The van der Waals surface area contributed by atoms with Gasteiger partial charge in [-0.05, 0) is 19.1 Å². The van der Waals surface area contributed by atoms with E-state index in [-0.39, 0.29) is 23.7 Å². The zero-order valence-electron chi connectivity index (χ0n) is 12.9. The third kappa shape index (κ3) is 5.20. The summed E-state index contributed by atoms with van der Waals surface area (Å²) >= 11 is 0. The first kappa shape index (κ1) is 18.3. The van der Waals surface area contributed by atoms with Gasteiger partial charge in [-0.15, -0.1) is 0 Å². The molecule has 1 amide bonds. The molecule has 1 aromatic carbocycles. The maximum atomic E-state index is 12.1. The summed E-state index contributed by atoms with van der Waals surface area (Å²) < 4.78 is 4.84. The zero-order chi connectivity index (χ0) is 17.9. The van der Waals surface area contributed by atoms with Crippen LogP contribution in [0.2, 0.25) is 0 Å². The molecule has 24 heavy (non-hydrogen) atoms. The number of ether oxygens (including phenoxy) is 1. The molecule has 1 aromatic rings. The van der Waals surface area contributed by atoms with Gasteiger partial charge in [0.25, 0.3) is 5.91 Å². The second-order valence-corrected chi connectivity index (χ2v) is 4.26. The van der Waals surface area contributed by atoms with Crippen molar-refractivity contribution in [2.24, 2.45) is 5.73 Å². The number of carbonyl (C=O) groups is 2. The number of nitrogens with zero attached hydrogens (tertiary/aromatic N) is 2. The van der Waals surface area contributed by atoms with Crippen LogP contribution in [0.15, 0.2) is 53.6 Å². The molecule has 4 N–H and O–H groups in total. The molecule has 0 saturated heterocycles. The van der Waals surface area contributed by atoms with E-state index >= 15 is 0 Å². The lowest BCUT2D eigenvalue weighted by atomic mass is 10.2. The van der Waals surface area contributed by atoms with Crippen molar-refractivity contribution in [1.29, 1.82) is 10.5 Å². The fourth-order valence-electron chi connectivity index (χ4n) is 1.51. The Morgan fingerprint density at radius 2 is 1.92 bits per heavy atom. The Kier molecular flexibility index (Phi) is 7.06. The van der Waals surface area contributed by atoms with Gasteiger partial charge in [0.1, 0.15) is 23.5 Å². The van der Waals surface area contributed by atoms with Gasteiger partial charge >= 0.3 is 5.97 Å². The van der Waals surface area contributed by atoms with Gasteiger partial charge in [-0.25, -0.2) is 4.79 Å². The summed E-state index contributed by atoms with van der Waals surface area (Å²) in [6, 6.07) is 11.5. The van der Waals surface area contributed by atoms with Crippen LogP contribution in [0.5, 0.6) is 0 Å². The summed E-state index contributed by atoms with van der Waals surface area (Å²) in [6.45, 7) is 1.70. The molecular formula is C16H15N5O3. The van der Waals surface area contributed by atoms with E-state index in [1.165, 1.54) is 0 Å². The lowest BCUT2D eigenvalue weighted by Gasteiger charge is -2.10. The van der Waals surface area contributed by atoms with E-state index in [9.17, 15) is 9.59 Å². The molecule has 0 saturated carbocycles. The van der Waals surface area contributed by atoms with Gasteiger partial charge in [0.05, 0.1) is 6.61 Å². The quantitative estimate of drug-likeness (QED) is 0.395. The van der Waals surface area contributed by atoms with Crippen LogP contribution in [0.4, 0.5) is 0 Å². The number of nitrogens with two attached hydrogens (primary N) is 1. The number of carbonyl (C=O) groups excluding carboxylic acids is 2. The molecule has 122 valence electrons. The highest BCUT2D eigenvalue weighted by atomic mass is 16.5. The van der Waals surface area contributed by atoms with E-state index in [0.717, 1.165) is 6.20 Å². The topological polar surface area (TPSA) is 141 Å². The Morgan fingerprint density at radius 1 is 1.25 bits per heavy atom. The fraction of sp³-hybridized carbons (Fsp3) is 0.125. The van der Waals surface area contributed by atoms with Crippen molar-refractivity contribution in [3.63, 3.8) is 0 Å². The Bertz CT molecular complexity index is 754. The maximum Gasteiger partial charge on any atom is 0.356 e. The van der Waals surface area contributed by atoms with Gasteiger partial charge in [-0.2, -0.15) is 10.5 Å². The normalized spacial score (nSPS) is 11.4. The molecule has 0 fully saturated rings. The van der Waals surface area contributed by atoms with Crippen molar-refractivity contribution in [2.45, 2.75) is 6.92 Å². The van der Waals surface area contributed by atoms with Gasteiger partial charge in [-0.3, -0.25) is 4.79 Å². The molecule has 0 aliphatic heterocycles. The van der Waals surface area contributed by atoms with E-state index in [2.05, 4.69) is 10.6 Å². The van der Waals surface area contributed by atoms with Crippen LogP contribution in [0.1, 0.15) is 17.3 Å². The molecule has 8 nitrogen and oxygen atoms in total. The van der Waals surface area contributed by atoms with Gasteiger partial charge < -0.3 is 21.1 Å². The van der Waals surface area contributed by atoms with E-state index < -0.39 is 11.9 Å². The van der Waals surface area contributed by atoms with Gasteiger partial charge in [0, 0.05) is 11.8 Å². The Balaban J connectivity index is 3.03. The average molecular weight is 325 g/mol. The molecule has 1 rings (SSSR count). The number of hydrogen-bond acceptors (Lipinski definition) is 7. The Labute approximate surface area is 138 Å². The van der Waals surface area contributed by atoms with Crippen LogP contribution >= 0.6 is 0 Å². The highest BCUT2D eigenvalue weighted by Crippen LogP contribution is 2.02. The minimum absolute atomic E-state index is 0.0959. The van der Waals surface area contributed by atoms with Crippen LogP contribution in [-0.2, 0) is 9.53 Å². The molecule has 0 atom stereocenters. The van der Waals surface area contributed by atoms with Gasteiger partial charge in [-0.1, -0.05) is 18.2 Å². The first-order valence-electron chi connectivity index (χ1n) is 6.83. The minimum Gasteiger partial charge on any atom is -0.461 e. The SMILES string of the molecule is CCOC(=O)/C(=C\N/C(C#N)=C(\N)C#N)NC(=O)c1ccccc1. The van der Waals surface area contributed by atoms with Crippen molar-refractivity contribution >= 4 is 11.9 Å². The van der Waals surface area contributed by atoms with E-state index in [0.29, 0.717) is 5.56 Å². The molecule has 0 aliphatic rings. The summed E-state index contributed by atoms with van der Waals surface area (Å²) in [5.74, 6) is -1.34. The molecule has 0 radical (unpaired) electrons. The third-order valence-corrected chi connectivity index (χ3v) is 2.64. The second kappa shape index (κ2) is 9.28. The summed E-state index contributed by atoms with van der Waals surface area (Å²) in [7, 11) is 0. The first-order chi connectivity index (χ1) is 11.5. The average Bonchev–Trinajstić information content (AvgIpc) is 2.61. The molecule has 8 heteroatoms. The third-order valence-electron chi connectivity index (χ3n) is 2.64. The molecular weight excluding hydrogens is 310 g/mol. The minimum atomic E-state index is -0.804. The predicted octanol–water partition coefficient (Wildman–Crippen LogP) is 0.628. The number of benzene rings is 1. The molecule has 0 spiro atoms. The summed E-state index contributed by atoms with van der Waals surface area (Å²) in [6.07, 6.45) is 1.04. The summed E-state index contributed by atoms with van der Waals surface area (Å²) in [4.78, 5) is 24.0. The van der Waals surface area contributed by atoms with Crippen LogP contribution in [0, 0.1) is 22.7 Å². The van der Waals surface area contributed by atoms with Gasteiger partial charge in [0.2, 0.25) is 0 Å². The van der Waals surface area contributed by atoms with Crippen molar-refractivity contribution < 1.29 is 14.3 Å². The molecule has 0 unspecified atom stereocenters. The van der Waals surface area contributed by atoms with Crippen LogP contribution < -0.4 is 16.4 Å². The van der Waals surface area contributed by atoms with Crippen LogP contribution in [0.25, 0.3) is 0 Å². The van der Waals surface area contributed by atoms with E-state index in [4.69, 9.17) is 21.0 Å². The highest BCUT2D eigenvalue weighted by Gasteiger charge is 2.15. The number of hydrogen-bond donors (Lipinski definition) is 3. The summed E-state index contributed by atoms with van der Waals surface area (Å²) in [5, 5.41) is 22.4. The molecule has 0 aliphatic carbocycles. The number of nitriles is 2. The van der Waals surface area contributed by atoms with Crippen molar-refractivity contribution in [3.05, 3.63) is 59.2 Å². The predicted molar refractivity (Wildman–Crippen MR) is 84.2 cm³/mol. The number of allylic oxidation sites excluding steroid dienone is 2. The Hall–Kier alpha value is -3.78. The number of amides is 1. The fourth-order valence-corrected chi connectivity index (χ4v) is 1.51. The molecule has 0 heterocycles. The largest absolute Gasteiger partial charge is 0.461 e. The zero-order valence-corrected chi connectivity index (χ0v) is 12.9. The first-order valence-corrected chi connectivity index (χ1v) is 6.83. The number of nitrogens with one attached hydrogen (secondary N) is 2. The lowest BCUT2D eigenvalue weighted by Crippen LogP contribution is -2.30. The van der Waals surface area contributed by atoms with Crippen molar-refractivity contribution in [2.75, 3.05) is 6.61 Å². The second-order valence-electron chi connectivity index (χ2n) is 4.26. The standard InChI is InChI=1S/C16H15N5O3/c1-2-24-16(23)14(10-20-13(9-18)12(19)8-17)21-15(22)11-6-4-3-5-7-11/h3-7,10,20H,2,19H2,1H3,(H,21,22)/b13-12-,14-10+. The monoisotopic (exact) mass is 325 g/mol. The molecule has 0 aromatic heterocycles. The highest BCUT2D eigenvalue weighted by molar-refractivity contribution is 6.01. The van der Waals surface area contributed by atoms with Crippen LogP contribution in [-0.4, -0.2) is 18.5 Å². The van der Waals surface area contributed by atoms with Crippen LogP contribution in [0.3, 0.4) is 0 Å². The molecule has 0 bridgehead atoms. The van der Waals surface area contributed by atoms with E-state index in [1.807, 2.05) is 0 Å². The number of rotatable bonds is 6. The lowest BCUT2D eigenvalue weighted by molar-refractivity contribution is -0.138. The van der Waals surface area contributed by atoms with Crippen molar-refractivity contribution in [1.82, 2.24) is 10.6 Å². The number of esters is 1. The van der Waals surface area contributed by atoms with Gasteiger partial charge in [0.15, 0.2) is 5.70 Å². The smallest absolute Gasteiger partial charge is 0.356 e. The Morgan fingerprint density at radius 3 is 2.46 bits per heavy atom. The summed E-state index contributed by atoms with van der Waals surface area (Å²) in [5.41, 5.74) is 4.83. The maximum absolute atomic E-state index is 12.1. The van der Waals surface area contributed by atoms with Crippen molar-refractivity contribution in [3.8, 4) is 12.1 Å².